The summed E-state index contributed by atoms with van der Waals surface area (Å²) in [6.07, 6.45) is 0. The van der Waals surface area contributed by atoms with Gasteiger partial charge in [0.25, 0.3) is 5.89 Å². The molecule has 0 aliphatic carbocycles. The maximum Gasteiger partial charge on any atom is 0.313 e. The van der Waals surface area contributed by atoms with Crippen LogP contribution in [0.3, 0.4) is 0 Å². The zero-order valence-electron chi connectivity index (χ0n) is 11.4. The van der Waals surface area contributed by atoms with Crippen molar-refractivity contribution in [2.75, 3.05) is 5.32 Å². The zero-order chi connectivity index (χ0) is 16.4. The molecule has 0 spiro atoms. The van der Waals surface area contributed by atoms with Gasteiger partial charge in [-0.25, -0.2) is 13.2 Å². The fourth-order valence-electron chi connectivity index (χ4n) is 1.83. The second kappa shape index (κ2) is 5.91. The summed E-state index contributed by atoms with van der Waals surface area (Å²) in [5, 5.41) is 9.22. The van der Waals surface area contributed by atoms with Crippen molar-refractivity contribution in [2.45, 2.75) is 0 Å². The van der Waals surface area contributed by atoms with Crippen LogP contribution in [0.25, 0.3) is 11.5 Å². The molecule has 0 fully saturated rings. The maximum absolute atomic E-state index is 13.6. The molecule has 3 rings (SSSR count). The smallest absolute Gasteiger partial charge is 0.313 e. The van der Waals surface area contributed by atoms with E-state index in [0.29, 0.717) is 6.07 Å². The topological polar surface area (TPSA) is 68.0 Å². The number of anilines is 1. The van der Waals surface area contributed by atoms with Gasteiger partial charge in [0.15, 0.2) is 0 Å². The SMILES string of the molecule is O=C(Nc1ccc(F)cc1F)c1nnc(-c2ccccc2F)o1. The van der Waals surface area contributed by atoms with Crippen LogP contribution in [0, 0.1) is 17.5 Å². The van der Waals surface area contributed by atoms with E-state index < -0.39 is 29.2 Å². The molecular weight excluding hydrogens is 311 g/mol. The van der Waals surface area contributed by atoms with Gasteiger partial charge in [0.05, 0.1) is 11.3 Å². The van der Waals surface area contributed by atoms with Crippen LogP contribution >= 0.6 is 0 Å². The van der Waals surface area contributed by atoms with Crippen molar-refractivity contribution in [1.29, 1.82) is 0 Å². The van der Waals surface area contributed by atoms with Gasteiger partial charge in [-0.15, -0.1) is 10.2 Å². The van der Waals surface area contributed by atoms with E-state index in [1.807, 2.05) is 0 Å². The van der Waals surface area contributed by atoms with E-state index in [2.05, 4.69) is 15.5 Å². The number of carbonyl (C=O) groups is 1. The number of hydrogen-bond donors (Lipinski definition) is 1. The summed E-state index contributed by atoms with van der Waals surface area (Å²) in [7, 11) is 0. The van der Waals surface area contributed by atoms with Crippen LogP contribution in [-0.2, 0) is 0 Å². The lowest BCUT2D eigenvalue weighted by Gasteiger charge is -2.03. The van der Waals surface area contributed by atoms with Crippen LogP contribution in [-0.4, -0.2) is 16.1 Å². The summed E-state index contributed by atoms with van der Waals surface area (Å²) < 4.78 is 45.0. The lowest BCUT2D eigenvalue weighted by atomic mass is 10.2. The standard InChI is InChI=1S/C15H8F3N3O2/c16-8-5-6-12(11(18)7-8)19-13(22)15-21-20-14(23-15)9-3-1-2-4-10(9)17/h1-7H,(H,19,22). The molecule has 116 valence electrons. The van der Waals surface area contributed by atoms with Gasteiger partial charge in [-0.3, -0.25) is 4.79 Å². The molecule has 0 aliphatic heterocycles. The summed E-state index contributed by atoms with van der Waals surface area (Å²) in [5.41, 5.74) is -0.214. The summed E-state index contributed by atoms with van der Waals surface area (Å²) in [4.78, 5) is 11.9. The third-order valence-electron chi connectivity index (χ3n) is 2.90. The minimum Gasteiger partial charge on any atom is -0.412 e. The summed E-state index contributed by atoms with van der Waals surface area (Å²) in [6.45, 7) is 0. The minimum atomic E-state index is -0.952. The highest BCUT2D eigenvalue weighted by Crippen LogP contribution is 2.22. The van der Waals surface area contributed by atoms with Crippen LogP contribution in [0.1, 0.15) is 10.7 Å². The number of amides is 1. The molecule has 0 bridgehead atoms. The molecule has 0 unspecified atom stereocenters. The quantitative estimate of drug-likeness (QED) is 0.803. The van der Waals surface area contributed by atoms with Gasteiger partial charge in [0.2, 0.25) is 0 Å². The van der Waals surface area contributed by atoms with Crippen LogP contribution in [0.2, 0.25) is 0 Å². The molecule has 23 heavy (non-hydrogen) atoms. The number of benzene rings is 2. The fraction of sp³-hybridized carbons (Fsp3) is 0. The van der Waals surface area contributed by atoms with Crippen molar-refractivity contribution < 1.29 is 22.4 Å². The van der Waals surface area contributed by atoms with Gasteiger partial charge in [0.1, 0.15) is 17.5 Å². The zero-order valence-corrected chi connectivity index (χ0v) is 11.4. The van der Waals surface area contributed by atoms with Crippen LogP contribution in [0.15, 0.2) is 46.9 Å². The first kappa shape index (κ1) is 14.8. The Morgan fingerprint density at radius 1 is 1.00 bits per heavy atom. The van der Waals surface area contributed by atoms with E-state index >= 15 is 0 Å². The van der Waals surface area contributed by atoms with Crippen molar-refractivity contribution in [3.8, 4) is 11.5 Å². The van der Waals surface area contributed by atoms with E-state index in [-0.39, 0.29) is 17.1 Å². The van der Waals surface area contributed by atoms with Crippen molar-refractivity contribution in [2.24, 2.45) is 0 Å². The van der Waals surface area contributed by atoms with Crippen LogP contribution in [0.5, 0.6) is 0 Å². The second-order valence-electron chi connectivity index (χ2n) is 4.47. The number of aromatic nitrogens is 2. The molecule has 8 heteroatoms. The van der Waals surface area contributed by atoms with E-state index in [9.17, 15) is 18.0 Å². The average Bonchev–Trinajstić information content (AvgIpc) is 3.00. The number of nitrogens with zero attached hydrogens (tertiary/aromatic N) is 2. The third kappa shape index (κ3) is 3.05. The number of halogens is 3. The minimum absolute atomic E-state index is 0.0343. The second-order valence-corrected chi connectivity index (χ2v) is 4.47. The van der Waals surface area contributed by atoms with E-state index in [0.717, 1.165) is 12.1 Å². The largest absolute Gasteiger partial charge is 0.412 e. The van der Waals surface area contributed by atoms with Gasteiger partial charge in [-0.05, 0) is 24.3 Å². The number of rotatable bonds is 3. The fourth-order valence-corrected chi connectivity index (χ4v) is 1.83. The van der Waals surface area contributed by atoms with Gasteiger partial charge < -0.3 is 9.73 Å². The van der Waals surface area contributed by atoms with E-state index in [1.165, 1.54) is 18.2 Å². The Kier molecular flexibility index (Phi) is 3.80. The molecule has 0 saturated carbocycles. The van der Waals surface area contributed by atoms with E-state index in [4.69, 9.17) is 4.42 Å². The Labute approximate surface area is 127 Å². The summed E-state index contributed by atoms with van der Waals surface area (Å²) >= 11 is 0. The maximum atomic E-state index is 13.6. The lowest BCUT2D eigenvalue weighted by molar-refractivity contribution is 0.0990. The Morgan fingerprint density at radius 3 is 2.52 bits per heavy atom. The Hall–Kier alpha value is -3.16. The van der Waals surface area contributed by atoms with Crippen LogP contribution < -0.4 is 5.32 Å². The predicted molar refractivity (Wildman–Crippen MR) is 74.0 cm³/mol. The van der Waals surface area contributed by atoms with Crippen molar-refractivity contribution >= 4 is 11.6 Å². The summed E-state index contributed by atoms with van der Waals surface area (Å²) in [6, 6.07) is 8.32. The molecule has 2 aromatic carbocycles. The average molecular weight is 319 g/mol. The first-order chi connectivity index (χ1) is 11.0. The normalized spacial score (nSPS) is 10.6. The van der Waals surface area contributed by atoms with Gasteiger partial charge in [-0.2, -0.15) is 0 Å². The highest BCUT2D eigenvalue weighted by molar-refractivity contribution is 6.01. The Morgan fingerprint density at radius 2 is 1.78 bits per heavy atom. The lowest BCUT2D eigenvalue weighted by Crippen LogP contribution is -2.13. The first-order valence-electron chi connectivity index (χ1n) is 6.39. The predicted octanol–water partition coefficient (Wildman–Crippen LogP) is 3.41. The highest BCUT2D eigenvalue weighted by atomic mass is 19.1. The van der Waals surface area contributed by atoms with Crippen LogP contribution in [0.4, 0.5) is 18.9 Å². The molecule has 1 aromatic heterocycles. The molecule has 1 N–H and O–H groups in total. The molecule has 1 amide bonds. The first-order valence-corrected chi connectivity index (χ1v) is 6.39. The summed E-state index contributed by atoms with van der Waals surface area (Å²) in [5.74, 6) is -3.88. The van der Waals surface area contributed by atoms with Gasteiger partial charge in [0, 0.05) is 6.07 Å². The van der Waals surface area contributed by atoms with Crippen molar-refractivity contribution in [3.63, 3.8) is 0 Å². The molecule has 5 nitrogen and oxygen atoms in total. The Balaban J connectivity index is 1.83. The molecule has 3 aromatic rings. The van der Waals surface area contributed by atoms with E-state index in [1.54, 1.807) is 6.07 Å². The number of carbonyl (C=O) groups excluding carboxylic acids is 1. The van der Waals surface area contributed by atoms with Crippen molar-refractivity contribution in [1.82, 2.24) is 10.2 Å². The highest BCUT2D eigenvalue weighted by Gasteiger charge is 2.19. The monoisotopic (exact) mass is 319 g/mol. The van der Waals surface area contributed by atoms with Gasteiger partial charge in [-0.1, -0.05) is 12.1 Å². The third-order valence-corrected chi connectivity index (χ3v) is 2.90. The number of hydrogen-bond acceptors (Lipinski definition) is 4. The molecule has 0 aliphatic rings. The molecule has 1 heterocycles. The molecular formula is C15H8F3N3O2. The molecule has 0 atom stereocenters. The van der Waals surface area contributed by atoms with Crippen molar-refractivity contribution in [3.05, 3.63) is 65.8 Å². The Bertz CT molecular complexity index is 880. The number of nitrogens with one attached hydrogen (secondary N) is 1. The molecule has 0 radical (unpaired) electrons. The molecule has 0 saturated heterocycles. The van der Waals surface area contributed by atoms with Gasteiger partial charge >= 0.3 is 11.8 Å².